The summed E-state index contributed by atoms with van der Waals surface area (Å²) in [7, 11) is 0. The summed E-state index contributed by atoms with van der Waals surface area (Å²) in [6.07, 6.45) is 3.34. The van der Waals surface area contributed by atoms with Gasteiger partial charge in [0.2, 0.25) is 11.7 Å². The molecule has 8 heteroatoms. The van der Waals surface area contributed by atoms with Crippen LogP contribution in [0.5, 0.6) is 0 Å². The van der Waals surface area contributed by atoms with Crippen molar-refractivity contribution in [3.63, 3.8) is 0 Å². The second kappa shape index (κ2) is 6.86. The van der Waals surface area contributed by atoms with Crippen LogP contribution in [0, 0.1) is 5.82 Å². The Morgan fingerprint density at radius 3 is 2.67 bits per heavy atom. The van der Waals surface area contributed by atoms with Crippen molar-refractivity contribution in [1.82, 2.24) is 20.0 Å². The SMILES string of the molecule is O=C(Cc1ccc(F)cc1)N1CCC(F)(c2noc(-c3ccncc3)n2)C1. The third-order valence-electron chi connectivity index (χ3n) is 4.59. The molecule has 1 saturated heterocycles. The molecule has 0 saturated carbocycles. The Labute approximate surface area is 153 Å². The van der Waals surface area contributed by atoms with Gasteiger partial charge in [0.05, 0.1) is 13.0 Å². The molecule has 4 rings (SSSR count). The Bertz CT molecular complexity index is 946. The first-order valence-corrected chi connectivity index (χ1v) is 8.49. The molecular weight excluding hydrogens is 354 g/mol. The highest BCUT2D eigenvalue weighted by Gasteiger charge is 2.45. The summed E-state index contributed by atoms with van der Waals surface area (Å²) in [4.78, 5) is 21.9. The maximum absolute atomic E-state index is 15.3. The number of nitrogens with zero attached hydrogens (tertiary/aromatic N) is 4. The summed E-state index contributed by atoms with van der Waals surface area (Å²) in [6, 6.07) is 9.07. The lowest BCUT2D eigenvalue weighted by Crippen LogP contribution is -2.33. The van der Waals surface area contributed by atoms with Gasteiger partial charge in [-0.05, 0) is 29.8 Å². The standard InChI is InChI=1S/C19H16F2N4O2/c20-15-3-1-13(2-4-15)11-16(26)25-10-7-19(21,12-25)18-23-17(27-24-18)14-5-8-22-9-6-14/h1-6,8-9H,7,10-12H2. The minimum absolute atomic E-state index is 0.0635. The zero-order valence-electron chi connectivity index (χ0n) is 14.3. The lowest BCUT2D eigenvalue weighted by atomic mass is 10.1. The van der Waals surface area contributed by atoms with E-state index in [0.29, 0.717) is 11.1 Å². The number of carbonyl (C=O) groups excluding carboxylic acids is 1. The zero-order chi connectivity index (χ0) is 18.9. The molecule has 0 spiro atoms. The molecule has 1 atom stereocenters. The monoisotopic (exact) mass is 370 g/mol. The van der Waals surface area contributed by atoms with Crippen molar-refractivity contribution in [3.8, 4) is 11.5 Å². The van der Waals surface area contributed by atoms with Crippen LogP contribution in [-0.4, -0.2) is 39.0 Å². The number of pyridine rings is 1. The Morgan fingerprint density at radius 2 is 1.93 bits per heavy atom. The summed E-state index contributed by atoms with van der Waals surface area (Å²) in [6.45, 7) is 0.123. The van der Waals surface area contributed by atoms with Gasteiger partial charge in [0, 0.05) is 30.9 Å². The van der Waals surface area contributed by atoms with E-state index in [9.17, 15) is 9.18 Å². The van der Waals surface area contributed by atoms with Crippen LogP contribution in [0.1, 0.15) is 17.8 Å². The third kappa shape index (κ3) is 3.55. The van der Waals surface area contributed by atoms with Crippen molar-refractivity contribution in [2.45, 2.75) is 18.5 Å². The number of benzene rings is 1. The summed E-state index contributed by atoms with van der Waals surface area (Å²) >= 11 is 0. The maximum atomic E-state index is 15.3. The molecule has 138 valence electrons. The number of aromatic nitrogens is 3. The zero-order valence-corrected chi connectivity index (χ0v) is 14.3. The van der Waals surface area contributed by atoms with Gasteiger partial charge < -0.3 is 9.42 Å². The molecule has 1 aliphatic rings. The number of hydrogen-bond acceptors (Lipinski definition) is 5. The van der Waals surface area contributed by atoms with E-state index in [1.54, 1.807) is 36.7 Å². The fraction of sp³-hybridized carbons (Fsp3) is 0.263. The van der Waals surface area contributed by atoms with Gasteiger partial charge in [-0.15, -0.1) is 0 Å². The minimum Gasteiger partial charge on any atom is -0.339 e. The number of alkyl halides is 1. The highest BCUT2D eigenvalue weighted by Crippen LogP contribution is 2.35. The molecular formula is C19H16F2N4O2. The smallest absolute Gasteiger partial charge is 0.258 e. The topological polar surface area (TPSA) is 72.1 Å². The van der Waals surface area contributed by atoms with Gasteiger partial charge in [0.1, 0.15) is 5.82 Å². The molecule has 3 aromatic rings. The maximum Gasteiger partial charge on any atom is 0.258 e. The van der Waals surface area contributed by atoms with Crippen molar-refractivity contribution >= 4 is 5.91 Å². The van der Waals surface area contributed by atoms with Crippen LogP contribution in [0.15, 0.2) is 53.3 Å². The summed E-state index contributed by atoms with van der Waals surface area (Å²) in [5.74, 6) is -0.442. The predicted octanol–water partition coefficient (Wildman–Crippen LogP) is 2.91. The average molecular weight is 370 g/mol. The Hall–Kier alpha value is -3.16. The van der Waals surface area contributed by atoms with Gasteiger partial charge in [0.15, 0.2) is 5.67 Å². The van der Waals surface area contributed by atoms with E-state index in [1.165, 1.54) is 17.0 Å². The van der Waals surface area contributed by atoms with Gasteiger partial charge in [-0.25, -0.2) is 8.78 Å². The molecule has 2 aromatic heterocycles. The van der Waals surface area contributed by atoms with E-state index in [2.05, 4.69) is 15.1 Å². The van der Waals surface area contributed by atoms with Crippen molar-refractivity contribution in [3.05, 3.63) is 66.0 Å². The highest BCUT2D eigenvalue weighted by molar-refractivity contribution is 5.79. The quantitative estimate of drug-likeness (QED) is 0.706. The van der Waals surface area contributed by atoms with Gasteiger partial charge in [0.25, 0.3) is 5.89 Å². The van der Waals surface area contributed by atoms with Crippen LogP contribution < -0.4 is 0 Å². The molecule has 0 radical (unpaired) electrons. The molecule has 1 amide bonds. The number of likely N-dealkylation sites (tertiary alicyclic amines) is 1. The largest absolute Gasteiger partial charge is 0.339 e. The highest BCUT2D eigenvalue weighted by atomic mass is 19.1. The first-order valence-electron chi connectivity index (χ1n) is 8.49. The van der Waals surface area contributed by atoms with Crippen LogP contribution in [0.2, 0.25) is 0 Å². The molecule has 0 bridgehead atoms. The minimum atomic E-state index is -1.85. The first-order chi connectivity index (χ1) is 13.0. The normalized spacial score (nSPS) is 19.4. The number of halogens is 2. The van der Waals surface area contributed by atoms with Crippen LogP contribution in [0.25, 0.3) is 11.5 Å². The van der Waals surface area contributed by atoms with E-state index in [-0.39, 0.29) is 49.4 Å². The van der Waals surface area contributed by atoms with Crippen molar-refractivity contribution < 1.29 is 18.1 Å². The molecule has 1 aromatic carbocycles. The Morgan fingerprint density at radius 1 is 1.19 bits per heavy atom. The molecule has 1 fully saturated rings. The number of amides is 1. The summed E-state index contributed by atoms with van der Waals surface area (Å²) < 4.78 is 33.5. The van der Waals surface area contributed by atoms with Crippen molar-refractivity contribution in [1.29, 1.82) is 0 Å². The molecule has 6 nitrogen and oxygen atoms in total. The van der Waals surface area contributed by atoms with Crippen molar-refractivity contribution in [2.75, 3.05) is 13.1 Å². The van der Waals surface area contributed by atoms with Crippen LogP contribution in [0.4, 0.5) is 8.78 Å². The molecule has 1 unspecified atom stereocenters. The van der Waals surface area contributed by atoms with Gasteiger partial charge >= 0.3 is 0 Å². The second-order valence-electron chi connectivity index (χ2n) is 6.49. The Balaban J connectivity index is 1.45. The van der Waals surface area contributed by atoms with E-state index >= 15 is 4.39 Å². The summed E-state index contributed by atoms with van der Waals surface area (Å²) in [5, 5.41) is 3.77. The summed E-state index contributed by atoms with van der Waals surface area (Å²) in [5.41, 5.74) is -0.528. The van der Waals surface area contributed by atoms with Crippen LogP contribution in [0.3, 0.4) is 0 Å². The van der Waals surface area contributed by atoms with Crippen molar-refractivity contribution in [2.24, 2.45) is 0 Å². The lowest BCUT2D eigenvalue weighted by molar-refractivity contribution is -0.130. The molecule has 1 aliphatic heterocycles. The predicted molar refractivity (Wildman–Crippen MR) is 91.6 cm³/mol. The van der Waals surface area contributed by atoms with Gasteiger partial charge in [-0.3, -0.25) is 9.78 Å². The number of hydrogen-bond donors (Lipinski definition) is 0. The first kappa shape index (κ1) is 17.3. The second-order valence-corrected chi connectivity index (χ2v) is 6.49. The number of rotatable bonds is 4. The Kier molecular flexibility index (Phi) is 4.39. The molecule has 0 N–H and O–H groups in total. The van der Waals surface area contributed by atoms with Crippen LogP contribution >= 0.6 is 0 Å². The molecule has 3 heterocycles. The van der Waals surface area contributed by atoms with E-state index in [4.69, 9.17) is 4.52 Å². The fourth-order valence-corrected chi connectivity index (χ4v) is 3.07. The van der Waals surface area contributed by atoms with E-state index < -0.39 is 5.67 Å². The van der Waals surface area contributed by atoms with Gasteiger partial charge in [-0.2, -0.15) is 4.98 Å². The van der Waals surface area contributed by atoms with E-state index in [0.717, 1.165) is 0 Å². The van der Waals surface area contributed by atoms with Crippen LogP contribution in [-0.2, 0) is 16.9 Å². The average Bonchev–Trinajstić information content (AvgIpc) is 3.33. The number of carbonyl (C=O) groups is 1. The molecule has 27 heavy (non-hydrogen) atoms. The lowest BCUT2D eigenvalue weighted by Gasteiger charge is -2.18. The molecule has 0 aliphatic carbocycles. The van der Waals surface area contributed by atoms with Gasteiger partial charge in [-0.1, -0.05) is 17.3 Å². The fourth-order valence-electron chi connectivity index (χ4n) is 3.07. The van der Waals surface area contributed by atoms with E-state index in [1.807, 2.05) is 0 Å². The third-order valence-corrected chi connectivity index (χ3v) is 4.59.